The van der Waals surface area contributed by atoms with Crippen molar-refractivity contribution in [2.24, 2.45) is 0 Å². The molecule has 12 aromatic rings. The van der Waals surface area contributed by atoms with E-state index in [0.29, 0.717) is 101 Å². The van der Waals surface area contributed by atoms with E-state index in [1.54, 1.807) is 49.4 Å². The van der Waals surface area contributed by atoms with Crippen LogP contribution in [-0.4, -0.2) is 111 Å². The van der Waals surface area contributed by atoms with Crippen molar-refractivity contribution in [2.75, 3.05) is 11.0 Å². The maximum Gasteiger partial charge on any atom is 0.434 e. The molecule has 0 amide bonds. The van der Waals surface area contributed by atoms with Crippen LogP contribution in [0, 0.1) is 0 Å². The molecule has 0 aliphatic rings. The van der Waals surface area contributed by atoms with Gasteiger partial charge >= 0.3 is 37.1 Å². The van der Waals surface area contributed by atoms with E-state index < -0.39 is 88.7 Å². The number of carbonyl (C=O) groups is 1. The van der Waals surface area contributed by atoms with E-state index in [1.165, 1.54) is 43.3 Å². The number of rotatable bonds is 22. The molecule has 12 rings (SSSR count). The van der Waals surface area contributed by atoms with Gasteiger partial charge in [0.1, 0.15) is 34.7 Å². The first-order valence-electron chi connectivity index (χ1n) is 33.1. The fraction of sp³-hybridized carbons (Fsp3) is 0.247. The summed E-state index contributed by atoms with van der Waals surface area (Å²) in [7, 11) is -3.48. The third kappa shape index (κ3) is 21.7. The largest absolute Gasteiger partial charge is 0.471 e. The highest BCUT2D eigenvalue weighted by Crippen LogP contribution is 2.41. The highest BCUT2D eigenvalue weighted by molar-refractivity contribution is 7.92. The smallest absolute Gasteiger partial charge is 0.434 e. The molecule has 1 unspecified atom stereocenters. The number of aliphatic hydroxyl groups is 1. The Morgan fingerprint density at radius 3 is 1.04 bits per heavy atom. The Kier molecular flexibility index (Phi) is 24.4. The number of aryl methyl sites for hydroxylation is 6. The molecule has 3 aromatic heterocycles. The number of anilines is 1. The number of halogens is 18. The number of sulfonamides is 1. The number of ether oxygens (including phenoxy) is 3. The lowest BCUT2D eigenvalue weighted by Crippen LogP contribution is -2.46. The number of imidazole rings is 3. The van der Waals surface area contributed by atoms with Crippen LogP contribution in [0.25, 0.3) is 66.5 Å². The van der Waals surface area contributed by atoms with Crippen LogP contribution in [0.1, 0.15) is 70.0 Å². The maximum absolute atomic E-state index is 12.7. The van der Waals surface area contributed by atoms with Crippen molar-refractivity contribution in [3.05, 3.63) is 245 Å². The molecule has 0 saturated heterocycles. The molecule has 0 aliphatic carbocycles. The van der Waals surface area contributed by atoms with Gasteiger partial charge in [0.2, 0.25) is 10.0 Å². The van der Waals surface area contributed by atoms with Crippen molar-refractivity contribution in [2.45, 2.75) is 114 Å². The number of H-pyrrole nitrogens is 3. The van der Waals surface area contributed by atoms with Gasteiger partial charge in [0, 0.05) is 30.4 Å². The normalized spacial score (nSPS) is 12.8. The number of Topliss-reactive ketones (excluding diaryl/α,β-unsaturated/α-hetero) is 1. The van der Waals surface area contributed by atoms with Gasteiger partial charge in [-0.2, -0.15) is 79.0 Å². The summed E-state index contributed by atoms with van der Waals surface area (Å²) in [6.07, 6.45) is -42.1. The Bertz CT molecular complexity index is 5230. The molecule has 0 fully saturated rings. The van der Waals surface area contributed by atoms with Crippen molar-refractivity contribution in [1.29, 1.82) is 0 Å². The van der Waals surface area contributed by atoms with E-state index in [4.69, 9.17) is 0 Å². The van der Waals surface area contributed by atoms with Crippen molar-refractivity contribution < 1.29 is 112 Å². The maximum atomic E-state index is 12.7. The van der Waals surface area contributed by atoms with Crippen LogP contribution in [0.3, 0.4) is 0 Å². The molecule has 0 saturated carbocycles. The molecule has 3 heterocycles. The van der Waals surface area contributed by atoms with Crippen molar-refractivity contribution in [1.82, 2.24) is 29.9 Å². The number of hydrogen-bond acceptors (Lipinski definition) is 10. The summed E-state index contributed by atoms with van der Waals surface area (Å²) in [6, 6.07) is 53.5. The van der Waals surface area contributed by atoms with E-state index >= 15 is 0 Å². The second-order valence-electron chi connectivity index (χ2n) is 25.2. The van der Waals surface area contributed by atoms with Gasteiger partial charge in [0.05, 0.1) is 51.1 Å². The number of carbonyl (C=O) groups excluding carboxylic acids is 1. The predicted octanol–water partition coefficient (Wildman–Crippen LogP) is 20.3. The van der Waals surface area contributed by atoms with Crippen LogP contribution in [0.4, 0.5) is 84.7 Å². The lowest BCUT2D eigenvalue weighted by molar-refractivity contribution is -0.300. The van der Waals surface area contributed by atoms with E-state index in [-0.39, 0.29) is 5.78 Å². The van der Waals surface area contributed by atoms with Crippen LogP contribution in [0.5, 0.6) is 17.2 Å². The van der Waals surface area contributed by atoms with Gasteiger partial charge in [0.25, 0.3) is 18.3 Å². The molecule has 33 heteroatoms. The van der Waals surface area contributed by atoms with Gasteiger partial charge in [-0.3, -0.25) is 9.52 Å². The summed E-state index contributed by atoms with van der Waals surface area (Å²) >= 11 is 0. The second-order valence-corrected chi connectivity index (χ2v) is 27.0. The number of aliphatic hydroxyl groups excluding tert-OH is 1. The first-order valence-corrected chi connectivity index (χ1v) is 35.0. The Morgan fingerprint density at radius 1 is 0.409 bits per heavy atom. The summed E-state index contributed by atoms with van der Waals surface area (Å²) in [5, 5.41) is 10.1. The number of nitrogens with one attached hydrogen (secondary N) is 4. The Hall–Kier alpha value is -11.1. The molecule has 110 heavy (non-hydrogen) atoms. The van der Waals surface area contributed by atoms with Crippen LogP contribution in [0.15, 0.2) is 200 Å². The molecule has 0 radical (unpaired) electrons. The van der Waals surface area contributed by atoms with E-state index in [0.717, 1.165) is 98.1 Å². The molecule has 5 N–H and O–H groups in total. The zero-order valence-electron chi connectivity index (χ0n) is 57.6. The van der Waals surface area contributed by atoms with Gasteiger partial charge in [0.15, 0.2) is 5.78 Å². The van der Waals surface area contributed by atoms with Gasteiger partial charge < -0.3 is 34.3 Å². The van der Waals surface area contributed by atoms with E-state index in [1.807, 2.05) is 84.9 Å². The number of ketones is 1. The molecule has 0 spiro atoms. The molecule has 1 atom stereocenters. The third-order valence-corrected chi connectivity index (χ3v) is 17.3. The van der Waals surface area contributed by atoms with E-state index in [9.17, 15) is 97.3 Å². The van der Waals surface area contributed by atoms with Crippen molar-refractivity contribution >= 4 is 54.6 Å². The number of aromatic amines is 3. The monoisotopic (exact) mass is 1570 g/mol. The standard InChI is InChI=1S/C26H22F6N2O2.C26H20F6N2O2.C25H21F6N3O3S/c2*1-15(35)19-4-2-3-5-20(19)17-9-12-21-22(14-17)34-23(33-21)13-8-16-6-10-18(11-7-16)36-24(25(27,28)29)26(30,31)32;1-38(35,36)34-19-5-3-2-4-18(19)16-9-12-20-21(14-16)33-22(32-20)13-8-15-6-10-17(11-7-15)37-23(24(26,27)28)25(29,30)31/h2-7,9-12,14-15,24,35H,8,13H2,1H3,(H,33,34);2-7,9-12,14,24H,8,13H2,1H3,(H,33,34);2-7,9-12,14,23,34H,8,13H2,1H3,(H,32,33). The zero-order chi connectivity index (χ0) is 79.9. The Labute approximate surface area is 614 Å². The Balaban J connectivity index is 0.000000176. The molecule has 0 aliphatic heterocycles. The summed E-state index contributed by atoms with van der Waals surface area (Å²) in [6.45, 7) is 3.21. The molecule has 580 valence electrons. The number of fused-ring (bicyclic) bond motifs is 3. The number of benzene rings is 9. The predicted molar refractivity (Wildman–Crippen MR) is 375 cm³/mol. The highest BCUT2D eigenvalue weighted by Gasteiger charge is 2.61. The first-order chi connectivity index (χ1) is 51.5. The van der Waals surface area contributed by atoms with Gasteiger partial charge in [-0.15, -0.1) is 0 Å². The molecule has 0 bridgehead atoms. The fourth-order valence-electron chi connectivity index (χ4n) is 11.6. The van der Waals surface area contributed by atoms with Crippen LogP contribution in [-0.2, 0) is 48.5 Å². The molecular weight excluding hydrogens is 1510 g/mol. The lowest BCUT2D eigenvalue weighted by atomic mass is 9.96. The minimum absolute atomic E-state index is 0.0419. The van der Waals surface area contributed by atoms with E-state index in [2.05, 4.69) is 48.8 Å². The third-order valence-electron chi connectivity index (χ3n) is 16.7. The summed E-state index contributed by atoms with van der Waals surface area (Å²) in [4.78, 5) is 35.2. The first kappa shape index (κ1) is 81.4. The fourth-order valence-corrected chi connectivity index (χ4v) is 12.2. The van der Waals surface area contributed by atoms with Crippen molar-refractivity contribution in [3.8, 4) is 50.6 Å². The van der Waals surface area contributed by atoms with Crippen molar-refractivity contribution in [3.63, 3.8) is 0 Å². The average Bonchev–Trinajstić information content (AvgIpc) is 1.63. The lowest BCUT2D eigenvalue weighted by Gasteiger charge is -2.23. The quantitative estimate of drug-likeness (QED) is 0.0322. The molecule has 9 aromatic carbocycles. The minimum atomic E-state index is -5.59. The number of alkyl halides is 18. The SMILES string of the molecule is CC(=O)c1ccccc1-c1ccc2nc(CCc3ccc(OC(C(F)(F)F)C(F)(F)F)cc3)[nH]c2c1.CC(O)c1ccccc1-c1ccc2nc(CCc3ccc(OC(C(F)(F)F)C(F)(F)F)cc3)[nH]c2c1.CS(=O)(=O)Nc1ccccc1-c1ccc2nc(CCc3ccc(OC(C(F)(F)F)C(F)(F)F)cc3)[nH]c2c1. The van der Waals surface area contributed by atoms with Crippen LogP contribution >= 0.6 is 0 Å². The average molecular weight is 1570 g/mol. The highest BCUT2D eigenvalue weighted by atomic mass is 32.2. The van der Waals surface area contributed by atoms with Gasteiger partial charge in [-0.05, 0) is 162 Å². The topological polar surface area (TPSA) is 197 Å². The van der Waals surface area contributed by atoms with Crippen LogP contribution < -0.4 is 18.9 Å². The number of para-hydroxylation sites is 1. The summed E-state index contributed by atoms with van der Waals surface area (Å²) < 4.78 is 267. The number of aromatic nitrogens is 6. The minimum Gasteiger partial charge on any atom is -0.471 e. The van der Waals surface area contributed by atoms with Crippen LogP contribution in [0.2, 0.25) is 0 Å². The zero-order valence-corrected chi connectivity index (χ0v) is 58.4. The van der Waals surface area contributed by atoms with Gasteiger partial charge in [-0.1, -0.05) is 121 Å². The second kappa shape index (κ2) is 33.0. The summed E-state index contributed by atoms with van der Waals surface area (Å²) in [5.74, 6) is 0.328. The molecule has 14 nitrogen and oxygen atoms in total. The Morgan fingerprint density at radius 2 is 0.709 bits per heavy atom. The van der Waals surface area contributed by atoms with Gasteiger partial charge in [-0.25, -0.2) is 23.4 Å². The summed E-state index contributed by atoms with van der Waals surface area (Å²) in [5.41, 5.74) is 13.3. The number of nitrogens with zero attached hydrogens (tertiary/aromatic N) is 3. The number of hydrogen-bond donors (Lipinski definition) is 5. The molecular formula is C77H63F18N7O7S.